The van der Waals surface area contributed by atoms with E-state index in [1.54, 1.807) is 32.0 Å². The smallest absolute Gasteiger partial charge is 0.407 e. The molecule has 11 atom stereocenters. The molecule has 1 aromatic rings. The maximum Gasteiger partial charge on any atom is 0.407 e. The van der Waals surface area contributed by atoms with E-state index in [0.717, 1.165) is 13.8 Å². The molecule has 16 heteroatoms. The number of aliphatic hydroxyl groups excluding tert-OH is 2. The van der Waals surface area contributed by atoms with Gasteiger partial charge in [0.25, 0.3) is 0 Å². The minimum Gasteiger partial charge on any atom is -0.456 e. The van der Waals surface area contributed by atoms with E-state index in [1.165, 1.54) is 26.0 Å². The first-order valence-corrected chi connectivity index (χ1v) is 19.8. The molecule has 16 nitrogen and oxygen atoms in total. The Bertz CT molecular complexity index is 1860. The van der Waals surface area contributed by atoms with Crippen molar-refractivity contribution in [2.75, 3.05) is 13.2 Å². The van der Waals surface area contributed by atoms with Gasteiger partial charge >= 0.3 is 30.0 Å². The maximum absolute atomic E-state index is 15.4. The Morgan fingerprint density at radius 1 is 0.983 bits per heavy atom. The van der Waals surface area contributed by atoms with Crippen molar-refractivity contribution < 1.29 is 72.5 Å². The van der Waals surface area contributed by atoms with Gasteiger partial charge in [-0.15, -0.1) is 0 Å². The lowest BCUT2D eigenvalue weighted by molar-refractivity contribution is -0.346. The number of carbonyl (C=O) groups is 6. The monoisotopic (exact) mass is 813 g/mol. The first-order valence-electron chi connectivity index (χ1n) is 19.8. The third kappa shape index (κ3) is 7.30. The lowest BCUT2D eigenvalue weighted by atomic mass is 9.44. The maximum atomic E-state index is 15.4. The van der Waals surface area contributed by atoms with Gasteiger partial charge in [-0.2, -0.15) is 0 Å². The number of amides is 1. The molecule has 1 aliphatic heterocycles. The van der Waals surface area contributed by atoms with Gasteiger partial charge in [0.1, 0.15) is 23.9 Å². The van der Waals surface area contributed by atoms with Crippen molar-refractivity contribution in [1.29, 1.82) is 0 Å². The lowest BCUT2D eigenvalue weighted by Crippen LogP contribution is -2.82. The number of alkyl carbamates (subject to hydrolysis) is 1. The van der Waals surface area contributed by atoms with Crippen molar-refractivity contribution in [2.45, 2.75) is 135 Å². The van der Waals surface area contributed by atoms with E-state index >= 15 is 4.79 Å². The van der Waals surface area contributed by atoms with E-state index in [4.69, 9.17) is 28.4 Å². The third-order valence-electron chi connectivity index (χ3n) is 13.0. The van der Waals surface area contributed by atoms with Gasteiger partial charge in [-0.25, -0.2) is 14.4 Å². The molecule has 4 aliphatic carbocycles. The Kier molecular flexibility index (Phi) is 11.7. The molecule has 318 valence electrons. The van der Waals surface area contributed by atoms with Crippen LogP contribution in [-0.4, -0.2) is 118 Å². The van der Waals surface area contributed by atoms with Crippen molar-refractivity contribution >= 4 is 35.8 Å². The molecule has 6 rings (SSSR count). The molecule has 1 amide bonds. The predicted octanol–water partition coefficient (Wildman–Crippen LogP) is 2.73. The van der Waals surface area contributed by atoms with Crippen LogP contribution >= 0.6 is 0 Å². The van der Waals surface area contributed by atoms with E-state index in [-0.39, 0.29) is 48.2 Å². The summed E-state index contributed by atoms with van der Waals surface area (Å²) in [6.07, 6.45) is -9.78. The summed E-state index contributed by atoms with van der Waals surface area (Å²) in [5.74, 6) is -6.34. The molecule has 0 aromatic heterocycles. The zero-order valence-electron chi connectivity index (χ0n) is 34.1. The molecule has 1 aromatic carbocycles. The van der Waals surface area contributed by atoms with Crippen molar-refractivity contribution in [1.82, 2.24) is 5.32 Å². The van der Waals surface area contributed by atoms with E-state index in [2.05, 4.69) is 5.32 Å². The number of Topliss-reactive ketones (excluding diaryl/α,β-unsaturated/α-hetero) is 1. The minimum absolute atomic E-state index is 0.0176. The predicted molar refractivity (Wildman–Crippen MR) is 200 cm³/mol. The highest BCUT2D eigenvalue weighted by Gasteiger charge is 2.78. The minimum atomic E-state index is -2.35. The molecule has 4 N–H and O–H groups in total. The lowest BCUT2D eigenvalue weighted by Gasteiger charge is -2.67. The van der Waals surface area contributed by atoms with E-state index in [1.807, 2.05) is 13.8 Å². The topological polar surface area (TPSA) is 231 Å². The van der Waals surface area contributed by atoms with Gasteiger partial charge in [-0.1, -0.05) is 45.9 Å². The van der Waals surface area contributed by atoms with Crippen LogP contribution in [-0.2, 0) is 47.6 Å². The summed E-state index contributed by atoms with van der Waals surface area (Å²) in [4.78, 5) is 82.0. The molecule has 58 heavy (non-hydrogen) atoms. The zero-order chi connectivity index (χ0) is 42.7. The Morgan fingerprint density at radius 3 is 2.19 bits per heavy atom. The summed E-state index contributed by atoms with van der Waals surface area (Å²) >= 11 is 0. The van der Waals surface area contributed by atoms with Crippen LogP contribution in [0.15, 0.2) is 41.5 Å². The van der Waals surface area contributed by atoms with Gasteiger partial charge in [-0.05, 0) is 61.8 Å². The van der Waals surface area contributed by atoms with Crippen LogP contribution in [0.5, 0.6) is 0 Å². The highest BCUT2D eigenvalue weighted by atomic mass is 16.6. The van der Waals surface area contributed by atoms with Crippen LogP contribution < -0.4 is 5.32 Å². The molecule has 3 saturated carbocycles. The van der Waals surface area contributed by atoms with Crippen LogP contribution in [0.2, 0.25) is 0 Å². The number of fused-ring (bicyclic) bond motifs is 5. The van der Waals surface area contributed by atoms with Gasteiger partial charge < -0.3 is 49.1 Å². The first-order chi connectivity index (χ1) is 27.1. The number of aliphatic hydroxyl groups is 3. The van der Waals surface area contributed by atoms with Crippen molar-refractivity contribution in [3.05, 3.63) is 47.0 Å². The van der Waals surface area contributed by atoms with Crippen molar-refractivity contribution in [3.8, 4) is 0 Å². The number of nitrogens with one attached hydrogen (secondary N) is 1. The number of hydrogen-bond acceptors (Lipinski definition) is 15. The molecule has 1 saturated heterocycles. The van der Waals surface area contributed by atoms with Crippen LogP contribution in [0.25, 0.3) is 0 Å². The molecule has 0 radical (unpaired) electrons. The summed E-state index contributed by atoms with van der Waals surface area (Å²) in [6, 6.07) is 6.78. The van der Waals surface area contributed by atoms with Crippen LogP contribution in [0.3, 0.4) is 0 Å². The Morgan fingerprint density at radius 2 is 1.64 bits per heavy atom. The third-order valence-corrected chi connectivity index (χ3v) is 13.0. The molecule has 0 unspecified atom stereocenters. The standard InChI is InChI=1S/C42H55NO15/c1-20(2)18-53-38(51)43-30(24-14-15-24)31(47)37(50)56-26-17-42(52)35(57-36(49)25-12-10-9-11-13-25)33-40(8,27(46)16-28-41(33,19-54-28)58-23(5)45)34(48)32(55-22(4)44)29(21(26)3)39(42,6)7/h9-13,20,24,26-28,30-33,35,46-47,52H,14-19H2,1-8H3,(H,43,51)/t26-,27-,28+,30-,31+,32+,33-,35-,40+,41-,42+/m0/s1. The normalized spacial score (nSPS) is 34.7. The summed E-state index contributed by atoms with van der Waals surface area (Å²) in [5.41, 5.74) is -7.48. The molecule has 4 fully saturated rings. The average molecular weight is 814 g/mol. The number of hydrogen-bond donors (Lipinski definition) is 4. The van der Waals surface area contributed by atoms with Gasteiger partial charge in [0.2, 0.25) is 0 Å². The van der Waals surface area contributed by atoms with E-state index in [9.17, 15) is 39.3 Å². The van der Waals surface area contributed by atoms with Gasteiger partial charge in [-0.3, -0.25) is 14.4 Å². The van der Waals surface area contributed by atoms with E-state index in [0.29, 0.717) is 12.8 Å². The summed E-state index contributed by atoms with van der Waals surface area (Å²) < 4.78 is 35.3. The number of carbonyl (C=O) groups excluding carboxylic acids is 6. The molecule has 0 spiro atoms. The summed E-state index contributed by atoms with van der Waals surface area (Å²) in [7, 11) is 0. The Hall–Kier alpha value is -4.38. The molecule has 1 heterocycles. The molecular weight excluding hydrogens is 758 g/mol. The average Bonchev–Trinajstić information content (AvgIpc) is 3.99. The van der Waals surface area contributed by atoms with Crippen LogP contribution in [0.4, 0.5) is 4.79 Å². The zero-order valence-corrected chi connectivity index (χ0v) is 34.1. The Balaban J connectivity index is 1.51. The number of rotatable bonds is 11. The van der Waals surface area contributed by atoms with Gasteiger partial charge in [0.05, 0.1) is 42.3 Å². The second-order valence-electron chi connectivity index (χ2n) is 17.6. The first kappa shape index (κ1) is 43.2. The molecule has 2 bridgehead atoms. The largest absolute Gasteiger partial charge is 0.456 e. The SMILES string of the molecule is CC(=O)O[C@H]1C(=O)[C@@]2(C)[C@H]([C@H](OC(=O)c3ccccc3)[C@]3(O)C[C@H](OC(=O)[C@H](O)[C@@H](NC(=O)OCC(C)C)C4CC4)C(C)=C1C3(C)C)[C@]1(OC(C)=O)CO[C@@H]1C[C@@H]2O. The quantitative estimate of drug-likeness (QED) is 0.143. The van der Waals surface area contributed by atoms with Gasteiger partial charge in [0, 0.05) is 32.1 Å². The number of esters is 4. The highest BCUT2D eigenvalue weighted by Crippen LogP contribution is 2.64. The van der Waals surface area contributed by atoms with Crippen molar-refractivity contribution in [2.24, 2.45) is 28.6 Å². The number of benzene rings is 1. The molecule has 5 aliphatic rings. The summed E-state index contributed by atoms with van der Waals surface area (Å²) in [5, 5.41) is 39.5. The Labute approximate surface area is 336 Å². The van der Waals surface area contributed by atoms with Crippen LogP contribution in [0.1, 0.15) is 91.4 Å². The van der Waals surface area contributed by atoms with Gasteiger partial charge in [0.15, 0.2) is 23.6 Å². The summed E-state index contributed by atoms with van der Waals surface area (Å²) in [6.45, 7) is 11.8. The number of ketones is 1. The molecular formula is C42H55NO15. The fourth-order valence-electron chi connectivity index (χ4n) is 9.70. The number of ether oxygens (including phenoxy) is 6. The van der Waals surface area contributed by atoms with E-state index < -0.39 is 113 Å². The fraction of sp³-hybridized carbons (Fsp3) is 0.667. The van der Waals surface area contributed by atoms with Crippen LogP contribution in [0, 0.1) is 28.6 Å². The fourth-order valence-corrected chi connectivity index (χ4v) is 9.70. The second-order valence-corrected chi connectivity index (χ2v) is 17.6. The highest BCUT2D eigenvalue weighted by molar-refractivity contribution is 5.95. The van der Waals surface area contributed by atoms with Crippen molar-refractivity contribution in [3.63, 3.8) is 0 Å². The second kappa shape index (κ2) is 15.7.